The second-order valence-electron chi connectivity index (χ2n) is 4.40. The summed E-state index contributed by atoms with van der Waals surface area (Å²) in [5.41, 5.74) is 1.31. The molecule has 2 aromatic rings. The Morgan fingerprint density at radius 1 is 1.29 bits per heavy atom. The molecule has 2 aromatic carbocycles. The van der Waals surface area contributed by atoms with Gasteiger partial charge in [0.15, 0.2) is 12.4 Å². The van der Waals surface area contributed by atoms with Crippen LogP contribution in [0.2, 0.25) is 5.02 Å². The first-order chi connectivity index (χ1) is 9.99. The lowest BCUT2D eigenvalue weighted by atomic mass is 10.1. The molecule has 0 saturated carbocycles. The molecule has 0 N–H and O–H groups in total. The number of hydrogen-bond donors (Lipinski definition) is 0. The number of ether oxygens (including phenoxy) is 1. The molecule has 0 saturated heterocycles. The largest absolute Gasteiger partial charge is 0.484 e. The van der Waals surface area contributed by atoms with E-state index in [0.29, 0.717) is 5.56 Å². The fraction of sp³-hybridized carbons (Fsp3) is 0.133. The van der Waals surface area contributed by atoms with Crippen LogP contribution in [0.3, 0.4) is 0 Å². The number of aryl methyl sites for hydroxylation is 1. The Kier molecular flexibility index (Phi) is 4.55. The van der Waals surface area contributed by atoms with Gasteiger partial charge < -0.3 is 4.74 Å². The van der Waals surface area contributed by atoms with Crippen LogP contribution in [0.15, 0.2) is 42.5 Å². The maximum atomic E-state index is 12.0. The molecule has 0 atom stereocenters. The van der Waals surface area contributed by atoms with Crippen LogP contribution in [0, 0.1) is 17.0 Å². The van der Waals surface area contributed by atoms with E-state index >= 15 is 0 Å². The molecule has 108 valence electrons. The summed E-state index contributed by atoms with van der Waals surface area (Å²) in [6.45, 7) is 1.66. The zero-order valence-electron chi connectivity index (χ0n) is 11.2. The molecule has 0 heterocycles. The van der Waals surface area contributed by atoms with Crippen LogP contribution in [0.25, 0.3) is 0 Å². The summed E-state index contributed by atoms with van der Waals surface area (Å²) in [6, 6.07) is 11.0. The Hall–Kier alpha value is -2.40. The van der Waals surface area contributed by atoms with Crippen LogP contribution in [-0.4, -0.2) is 17.3 Å². The lowest BCUT2D eigenvalue weighted by molar-refractivity contribution is -0.384. The first kappa shape index (κ1) is 15.0. The van der Waals surface area contributed by atoms with Gasteiger partial charge in [-0.05, 0) is 18.6 Å². The van der Waals surface area contributed by atoms with Crippen molar-refractivity contribution >= 4 is 23.1 Å². The average Bonchev–Trinajstić information content (AvgIpc) is 2.46. The number of ketones is 1. The van der Waals surface area contributed by atoms with Crippen molar-refractivity contribution in [1.82, 2.24) is 0 Å². The molecule has 0 aliphatic rings. The van der Waals surface area contributed by atoms with E-state index in [0.717, 1.165) is 5.56 Å². The number of hydrogen-bond acceptors (Lipinski definition) is 4. The fourth-order valence-corrected chi connectivity index (χ4v) is 2.06. The number of carbonyl (C=O) groups excluding carboxylic acids is 1. The van der Waals surface area contributed by atoms with Gasteiger partial charge in [-0.1, -0.05) is 35.9 Å². The zero-order chi connectivity index (χ0) is 15.4. The highest BCUT2D eigenvalue weighted by atomic mass is 35.5. The Labute approximate surface area is 126 Å². The van der Waals surface area contributed by atoms with Gasteiger partial charge >= 0.3 is 0 Å². The average molecular weight is 306 g/mol. The van der Waals surface area contributed by atoms with Gasteiger partial charge in [-0.2, -0.15) is 0 Å². The molecule has 0 fully saturated rings. The topological polar surface area (TPSA) is 69.4 Å². The number of halogens is 1. The number of nitro groups is 1. The summed E-state index contributed by atoms with van der Waals surface area (Å²) in [7, 11) is 0. The molecule has 5 nitrogen and oxygen atoms in total. The number of Topliss-reactive ketones (excluding diaryl/α,β-unsaturated/α-hetero) is 1. The monoisotopic (exact) mass is 305 g/mol. The minimum Gasteiger partial charge on any atom is -0.484 e. The van der Waals surface area contributed by atoms with Crippen LogP contribution in [-0.2, 0) is 0 Å². The van der Waals surface area contributed by atoms with Gasteiger partial charge in [-0.15, -0.1) is 0 Å². The highest BCUT2D eigenvalue weighted by Crippen LogP contribution is 2.28. The maximum Gasteiger partial charge on any atom is 0.271 e. The minimum atomic E-state index is -0.547. The van der Waals surface area contributed by atoms with Crippen molar-refractivity contribution in [1.29, 1.82) is 0 Å². The van der Waals surface area contributed by atoms with Crippen molar-refractivity contribution in [2.45, 2.75) is 6.92 Å². The molecular weight excluding hydrogens is 294 g/mol. The third kappa shape index (κ3) is 3.58. The molecular formula is C15H12ClNO4. The molecule has 0 spiro atoms. The van der Waals surface area contributed by atoms with Crippen molar-refractivity contribution in [2.24, 2.45) is 0 Å². The van der Waals surface area contributed by atoms with Gasteiger partial charge in [0.2, 0.25) is 0 Å². The number of rotatable bonds is 5. The van der Waals surface area contributed by atoms with E-state index < -0.39 is 4.92 Å². The lowest BCUT2D eigenvalue weighted by Gasteiger charge is -2.08. The van der Waals surface area contributed by atoms with Gasteiger partial charge in [0.05, 0.1) is 9.95 Å². The van der Waals surface area contributed by atoms with Gasteiger partial charge in [-0.3, -0.25) is 14.9 Å². The fourth-order valence-electron chi connectivity index (χ4n) is 1.83. The van der Waals surface area contributed by atoms with E-state index in [2.05, 4.69) is 0 Å². The quantitative estimate of drug-likeness (QED) is 0.478. The molecule has 21 heavy (non-hydrogen) atoms. The lowest BCUT2D eigenvalue weighted by Crippen LogP contribution is -2.13. The number of nitro benzene ring substituents is 1. The van der Waals surface area contributed by atoms with Gasteiger partial charge in [0, 0.05) is 17.7 Å². The number of non-ortho nitro benzene ring substituents is 1. The van der Waals surface area contributed by atoms with Crippen LogP contribution < -0.4 is 4.74 Å². The smallest absolute Gasteiger partial charge is 0.271 e. The van der Waals surface area contributed by atoms with Crippen LogP contribution >= 0.6 is 11.6 Å². The number of nitrogens with zero attached hydrogens (tertiary/aromatic N) is 1. The normalized spacial score (nSPS) is 10.2. The van der Waals surface area contributed by atoms with E-state index in [-0.39, 0.29) is 28.8 Å². The molecule has 0 aliphatic heterocycles. The summed E-state index contributed by atoms with van der Waals surface area (Å²) >= 11 is 5.89. The van der Waals surface area contributed by atoms with Gasteiger partial charge in [0.25, 0.3) is 5.69 Å². The second kappa shape index (κ2) is 6.37. The van der Waals surface area contributed by atoms with Gasteiger partial charge in [-0.25, -0.2) is 0 Å². The first-order valence-corrected chi connectivity index (χ1v) is 6.52. The Morgan fingerprint density at radius 2 is 2.00 bits per heavy atom. The molecule has 0 unspecified atom stereocenters. The van der Waals surface area contributed by atoms with Crippen LogP contribution in [0.5, 0.6) is 5.75 Å². The third-order valence-corrected chi connectivity index (χ3v) is 3.23. The molecule has 0 bridgehead atoms. The van der Waals surface area contributed by atoms with E-state index in [1.807, 2.05) is 19.1 Å². The van der Waals surface area contributed by atoms with Crippen molar-refractivity contribution in [3.05, 3.63) is 68.7 Å². The van der Waals surface area contributed by atoms with Crippen LogP contribution in [0.1, 0.15) is 15.9 Å². The summed E-state index contributed by atoms with van der Waals surface area (Å²) in [6.07, 6.45) is 0. The Bertz CT molecular complexity index is 700. The number of carbonyl (C=O) groups is 1. The zero-order valence-corrected chi connectivity index (χ0v) is 12.0. The third-order valence-electron chi connectivity index (χ3n) is 2.93. The Morgan fingerprint density at radius 3 is 2.62 bits per heavy atom. The first-order valence-electron chi connectivity index (χ1n) is 6.14. The highest BCUT2D eigenvalue weighted by Gasteiger charge is 2.13. The SMILES string of the molecule is Cc1ccccc1C(=O)COc1ccc([N+](=O)[O-])cc1Cl. The summed E-state index contributed by atoms with van der Waals surface area (Å²) < 4.78 is 5.34. The van der Waals surface area contributed by atoms with E-state index in [1.165, 1.54) is 18.2 Å². The molecule has 6 heteroatoms. The maximum absolute atomic E-state index is 12.0. The number of benzene rings is 2. The molecule has 2 rings (SSSR count). The van der Waals surface area contributed by atoms with E-state index in [4.69, 9.17) is 16.3 Å². The second-order valence-corrected chi connectivity index (χ2v) is 4.81. The Balaban J connectivity index is 2.08. The predicted molar refractivity (Wildman–Crippen MR) is 79.1 cm³/mol. The summed E-state index contributed by atoms with van der Waals surface area (Å²) in [5, 5.41) is 10.7. The molecule has 0 aromatic heterocycles. The van der Waals surface area contributed by atoms with Gasteiger partial charge in [0.1, 0.15) is 5.75 Å². The molecule has 0 amide bonds. The van der Waals surface area contributed by atoms with Crippen molar-refractivity contribution in [2.75, 3.05) is 6.61 Å². The van der Waals surface area contributed by atoms with Crippen molar-refractivity contribution < 1.29 is 14.5 Å². The van der Waals surface area contributed by atoms with E-state index in [1.54, 1.807) is 12.1 Å². The van der Waals surface area contributed by atoms with E-state index in [9.17, 15) is 14.9 Å². The standard InChI is InChI=1S/C15H12ClNO4/c1-10-4-2-3-5-12(10)14(18)9-21-15-7-6-11(17(19)20)8-13(15)16/h2-8H,9H2,1H3. The van der Waals surface area contributed by atoms with Crippen LogP contribution in [0.4, 0.5) is 5.69 Å². The molecule has 0 aliphatic carbocycles. The predicted octanol–water partition coefficient (Wildman–Crippen LogP) is 3.82. The summed E-state index contributed by atoms with van der Waals surface area (Å²) in [4.78, 5) is 22.1. The summed E-state index contributed by atoms with van der Waals surface area (Å²) in [5.74, 6) is 0.0618. The highest BCUT2D eigenvalue weighted by molar-refractivity contribution is 6.32. The molecule has 0 radical (unpaired) electrons. The van der Waals surface area contributed by atoms with Crippen molar-refractivity contribution in [3.63, 3.8) is 0 Å². The minimum absolute atomic E-state index is 0.0989. The van der Waals surface area contributed by atoms with Crippen molar-refractivity contribution in [3.8, 4) is 5.75 Å².